The van der Waals surface area contributed by atoms with Crippen LogP contribution < -0.4 is 5.32 Å². The second kappa shape index (κ2) is 9.79. The summed E-state index contributed by atoms with van der Waals surface area (Å²) in [5, 5.41) is 2.51. The predicted octanol–water partition coefficient (Wildman–Crippen LogP) is 3.42. The topological polar surface area (TPSA) is 96.0 Å². The standard InChI is InChI=1S/C21H22F3N3O5S/c1-2-32-20(29)25-17-8-6-15(7-9-17)19(28)26-10-12-27(13-11-26)33(30,31)18-5-3-4-16(14-18)21(22,23)24/h3-9,14H,2,10-13H2,1H3,(H,25,29). The molecule has 12 heteroatoms. The number of rotatable bonds is 5. The van der Waals surface area contributed by atoms with Gasteiger partial charge in [0.2, 0.25) is 10.0 Å². The van der Waals surface area contributed by atoms with Crippen molar-refractivity contribution in [1.29, 1.82) is 0 Å². The highest BCUT2D eigenvalue weighted by atomic mass is 32.2. The number of anilines is 1. The number of alkyl halides is 3. The number of nitrogens with one attached hydrogen (secondary N) is 1. The van der Waals surface area contributed by atoms with Crippen LogP contribution in [0.4, 0.5) is 23.7 Å². The molecule has 3 rings (SSSR count). The summed E-state index contributed by atoms with van der Waals surface area (Å²) >= 11 is 0. The first kappa shape index (κ1) is 24.5. The molecule has 0 spiro atoms. The van der Waals surface area contributed by atoms with E-state index in [9.17, 15) is 31.2 Å². The van der Waals surface area contributed by atoms with Gasteiger partial charge in [0.1, 0.15) is 0 Å². The largest absolute Gasteiger partial charge is 0.450 e. The first-order valence-electron chi connectivity index (χ1n) is 10.0. The summed E-state index contributed by atoms with van der Waals surface area (Å²) in [6.07, 6.45) is -5.27. The van der Waals surface area contributed by atoms with Gasteiger partial charge >= 0.3 is 12.3 Å². The van der Waals surface area contributed by atoms with Crippen molar-refractivity contribution in [2.24, 2.45) is 0 Å². The van der Waals surface area contributed by atoms with Crippen LogP contribution in [0.15, 0.2) is 53.4 Å². The third kappa shape index (κ3) is 5.82. The fourth-order valence-electron chi connectivity index (χ4n) is 3.28. The minimum atomic E-state index is -4.65. The minimum absolute atomic E-state index is 0.0488. The molecule has 1 aliphatic rings. The zero-order valence-corrected chi connectivity index (χ0v) is 18.4. The number of benzene rings is 2. The monoisotopic (exact) mass is 485 g/mol. The van der Waals surface area contributed by atoms with Crippen LogP contribution in [0.5, 0.6) is 0 Å². The summed E-state index contributed by atoms with van der Waals surface area (Å²) in [7, 11) is -4.14. The number of piperazine rings is 1. The maximum absolute atomic E-state index is 12.9. The van der Waals surface area contributed by atoms with Crippen molar-refractivity contribution in [3.63, 3.8) is 0 Å². The number of carbonyl (C=O) groups excluding carboxylic acids is 2. The molecule has 8 nitrogen and oxygen atoms in total. The highest BCUT2D eigenvalue weighted by molar-refractivity contribution is 7.89. The molecule has 0 aromatic heterocycles. The van der Waals surface area contributed by atoms with Crippen molar-refractivity contribution in [3.8, 4) is 0 Å². The maximum Gasteiger partial charge on any atom is 0.416 e. The molecular weight excluding hydrogens is 463 g/mol. The van der Waals surface area contributed by atoms with E-state index < -0.39 is 32.8 Å². The van der Waals surface area contributed by atoms with Crippen molar-refractivity contribution < 1.29 is 35.9 Å². The van der Waals surface area contributed by atoms with Crippen LogP contribution in [0.2, 0.25) is 0 Å². The summed E-state index contributed by atoms with van der Waals surface area (Å²) in [4.78, 5) is 25.2. The van der Waals surface area contributed by atoms with Gasteiger partial charge in [0.25, 0.3) is 5.91 Å². The van der Waals surface area contributed by atoms with Crippen molar-refractivity contribution in [3.05, 3.63) is 59.7 Å². The average molecular weight is 485 g/mol. The van der Waals surface area contributed by atoms with Crippen LogP contribution in [0.1, 0.15) is 22.8 Å². The number of halogens is 3. The van der Waals surface area contributed by atoms with Gasteiger partial charge in [-0.3, -0.25) is 10.1 Å². The molecular formula is C21H22F3N3O5S. The Balaban J connectivity index is 1.63. The van der Waals surface area contributed by atoms with E-state index in [1.54, 1.807) is 19.1 Å². The normalized spacial score (nSPS) is 15.2. The fourth-order valence-corrected chi connectivity index (χ4v) is 4.75. The summed E-state index contributed by atoms with van der Waals surface area (Å²) < 4.78 is 70.3. The Kier molecular flexibility index (Phi) is 7.28. The number of sulfonamides is 1. The molecule has 1 saturated heterocycles. The zero-order valence-electron chi connectivity index (χ0n) is 17.6. The summed E-state index contributed by atoms with van der Waals surface area (Å²) in [6.45, 7) is 1.96. The van der Waals surface area contributed by atoms with E-state index in [-0.39, 0.29) is 38.7 Å². The Labute approximate surface area is 189 Å². The van der Waals surface area contributed by atoms with E-state index in [0.717, 1.165) is 22.5 Å². The highest BCUT2D eigenvalue weighted by Gasteiger charge is 2.34. The average Bonchev–Trinajstić information content (AvgIpc) is 2.79. The van der Waals surface area contributed by atoms with Gasteiger partial charge < -0.3 is 9.64 Å². The molecule has 0 bridgehead atoms. The third-order valence-electron chi connectivity index (χ3n) is 4.98. The van der Waals surface area contributed by atoms with Crippen molar-refractivity contribution in [1.82, 2.24) is 9.21 Å². The van der Waals surface area contributed by atoms with Gasteiger partial charge in [-0.2, -0.15) is 17.5 Å². The van der Waals surface area contributed by atoms with Crippen LogP contribution >= 0.6 is 0 Å². The molecule has 1 heterocycles. The fraction of sp³-hybridized carbons (Fsp3) is 0.333. The summed E-state index contributed by atoms with van der Waals surface area (Å²) in [5.74, 6) is -0.325. The second-order valence-corrected chi connectivity index (χ2v) is 9.08. The summed E-state index contributed by atoms with van der Waals surface area (Å²) in [6, 6.07) is 9.72. The van der Waals surface area contributed by atoms with Crippen LogP contribution in [0.25, 0.3) is 0 Å². The van der Waals surface area contributed by atoms with Gasteiger partial charge in [-0.05, 0) is 49.4 Å². The van der Waals surface area contributed by atoms with E-state index in [0.29, 0.717) is 17.3 Å². The molecule has 1 N–H and O–H groups in total. The first-order chi connectivity index (χ1) is 15.5. The lowest BCUT2D eigenvalue weighted by Gasteiger charge is -2.34. The Morgan fingerprint density at radius 1 is 1.03 bits per heavy atom. The van der Waals surface area contributed by atoms with E-state index in [2.05, 4.69) is 5.32 Å². The first-order valence-corrected chi connectivity index (χ1v) is 11.5. The van der Waals surface area contributed by atoms with E-state index in [1.165, 1.54) is 17.0 Å². The Bertz CT molecular complexity index is 1110. The van der Waals surface area contributed by atoms with Gasteiger partial charge in [-0.25, -0.2) is 13.2 Å². The molecule has 2 amide bonds. The Hall–Kier alpha value is -3.12. The van der Waals surface area contributed by atoms with Crippen LogP contribution in [-0.2, 0) is 20.9 Å². The predicted molar refractivity (Wildman–Crippen MR) is 113 cm³/mol. The molecule has 0 atom stereocenters. The van der Waals surface area contributed by atoms with Crippen molar-refractivity contribution in [2.45, 2.75) is 18.0 Å². The number of amides is 2. The smallest absolute Gasteiger partial charge is 0.416 e. The number of carbonyl (C=O) groups is 2. The molecule has 0 unspecified atom stereocenters. The zero-order chi connectivity index (χ0) is 24.2. The molecule has 1 aliphatic heterocycles. The second-order valence-electron chi connectivity index (χ2n) is 7.14. The lowest BCUT2D eigenvalue weighted by Crippen LogP contribution is -2.50. The Morgan fingerprint density at radius 3 is 2.24 bits per heavy atom. The third-order valence-corrected chi connectivity index (χ3v) is 6.87. The lowest BCUT2D eigenvalue weighted by molar-refractivity contribution is -0.137. The molecule has 33 heavy (non-hydrogen) atoms. The molecule has 0 aliphatic carbocycles. The highest BCUT2D eigenvalue weighted by Crippen LogP contribution is 2.31. The van der Waals surface area contributed by atoms with Gasteiger partial charge in [0.05, 0.1) is 17.1 Å². The number of nitrogens with zero attached hydrogens (tertiary/aromatic N) is 2. The van der Waals surface area contributed by atoms with Crippen LogP contribution in [0.3, 0.4) is 0 Å². The minimum Gasteiger partial charge on any atom is -0.450 e. The summed E-state index contributed by atoms with van der Waals surface area (Å²) in [5.41, 5.74) is -0.251. The molecule has 0 radical (unpaired) electrons. The van der Waals surface area contributed by atoms with Gasteiger partial charge in [0, 0.05) is 37.4 Å². The number of hydrogen-bond acceptors (Lipinski definition) is 5. The SMILES string of the molecule is CCOC(=O)Nc1ccc(C(=O)N2CCN(S(=O)(=O)c3cccc(C(F)(F)F)c3)CC2)cc1. The molecule has 1 fully saturated rings. The van der Waals surface area contributed by atoms with E-state index in [4.69, 9.17) is 4.74 Å². The van der Waals surface area contributed by atoms with Crippen LogP contribution in [-0.4, -0.2) is 62.4 Å². The molecule has 2 aromatic carbocycles. The van der Waals surface area contributed by atoms with Gasteiger partial charge in [0.15, 0.2) is 0 Å². The maximum atomic E-state index is 12.9. The molecule has 2 aromatic rings. The van der Waals surface area contributed by atoms with Crippen molar-refractivity contribution in [2.75, 3.05) is 38.1 Å². The molecule has 0 saturated carbocycles. The van der Waals surface area contributed by atoms with Gasteiger partial charge in [-0.15, -0.1) is 0 Å². The van der Waals surface area contributed by atoms with E-state index in [1.807, 2.05) is 0 Å². The van der Waals surface area contributed by atoms with Crippen molar-refractivity contribution >= 4 is 27.7 Å². The lowest BCUT2D eigenvalue weighted by atomic mass is 10.1. The molecule has 178 valence electrons. The van der Waals surface area contributed by atoms with Crippen LogP contribution in [0, 0.1) is 0 Å². The van der Waals surface area contributed by atoms with E-state index >= 15 is 0 Å². The van der Waals surface area contributed by atoms with Gasteiger partial charge in [-0.1, -0.05) is 6.07 Å². The quantitative estimate of drug-likeness (QED) is 0.700. The number of ether oxygens (including phenoxy) is 1. The Morgan fingerprint density at radius 2 is 1.67 bits per heavy atom. The number of hydrogen-bond donors (Lipinski definition) is 1.